The number of methoxy groups -OCH3 is 1. The number of benzene rings is 1. The van der Waals surface area contributed by atoms with Crippen molar-refractivity contribution in [3.63, 3.8) is 0 Å². The summed E-state index contributed by atoms with van der Waals surface area (Å²) in [5.74, 6) is 0.920. The van der Waals surface area contributed by atoms with E-state index in [1.54, 1.807) is 7.11 Å². The minimum atomic E-state index is -1.42. The highest BCUT2D eigenvalue weighted by Crippen LogP contribution is 2.11. The highest BCUT2D eigenvalue weighted by Gasteiger charge is 2.22. The van der Waals surface area contributed by atoms with Crippen LogP contribution in [-0.4, -0.2) is 20.7 Å². The molecule has 0 saturated heterocycles. The van der Waals surface area contributed by atoms with Gasteiger partial charge >= 0.3 is 0 Å². The monoisotopic (exact) mass is 214 g/mol. The molecule has 0 unspecified atom stereocenters. The Balaban J connectivity index is 3.01. The van der Waals surface area contributed by atoms with E-state index in [0.717, 1.165) is 11.3 Å². The lowest BCUT2D eigenvalue weighted by atomic mass is 10.3. The maximum absolute atomic E-state index is 5.94. The SMILES string of the molecule is COc1cccc([Si](C)(C)CCl)c1. The molecule has 1 nitrogen and oxygen atoms in total. The van der Waals surface area contributed by atoms with Crippen LogP contribution >= 0.6 is 11.6 Å². The van der Waals surface area contributed by atoms with E-state index in [1.807, 2.05) is 12.1 Å². The average Bonchev–Trinajstić information content (AvgIpc) is 2.18. The lowest BCUT2D eigenvalue weighted by molar-refractivity contribution is 0.415. The summed E-state index contributed by atoms with van der Waals surface area (Å²) in [5.41, 5.74) is 0.750. The molecule has 0 fully saturated rings. The molecule has 0 saturated carbocycles. The molecule has 0 N–H and O–H groups in total. The van der Waals surface area contributed by atoms with Crippen molar-refractivity contribution >= 4 is 24.9 Å². The Morgan fingerprint density at radius 3 is 2.62 bits per heavy atom. The second-order valence-electron chi connectivity index (χ2n) is 3.75. The van der Waals surface area contributed by atoms with Gasteiger partial charge in [0.1, 0.15) is 5.75 Å². The van der Waals surface area contributed by atoms with Gasteiger partial charge in [0, 0.05) is 5.50 Å². The van der Waals surface area contributed by atoms with Gasteiger partial charge in [0.05, 0.1) is 15.2 Å². The molecule has 72 valence electrons. The predicted octanol–water partition coefficient (Wildman–Crippen LogP) is 2.39. The summed E-state index contributed by atoms with van der Waals surface area (Å²) in [6.45, 7) is 4.52. The van der Waals surface area contributed by atoms with Crippen molar-refractivity contribution in [2.75, 3.05) is 12.6 Å². The van der Waals surface area contributed by atoms with Crippen molar-refractivity contribution in [3.8, 4) is 5.75 Å². The van der Waals surface area contributed by atoms with Gasteiger partial charge in [0.15, 0.2) is 0 Å². The highest BCUT2D eigenvalue weighted by molar-refractivity contribution is 6.94. The Bertz CT molecular complexity index is 286. The first-order chi connectivity index (χ1) is 6.10. The van der Waals surface area contributed by atoms with Crippen molar-refractivity contribution in [1.29, 1.82) is 0 Å². The summed E-state index contributed by atoms with van der Waals surface area (Å²) in [7, 11) is 0.273. The van der Waals surface area contributed by atoms with Crippen LogP contribution in [0, 0.1) is 0 Å². The lowest BCUT2D eigenvalue weighted by Gasteiger charge is -2.19. The molecular weight excluding hydrogens is 200 g/mol. The zero-order valence-corrected chi connectivity index (χ0v) is 10.1. The summed E-state index contributed by atoms with van der Waals surface area (Å²) in [6, 6.07) is 8.21. The van der Waals surface area contributed by atoms with Gasteiger partial charge in [-0.3, -0.25) is 0 Å². The van der Waals surface area contributed by atoms with Crippen molar-refractivity contribution in [3.05, 3.63) is 24.3 Å². The first kappa shape index (κ1) is 10.6. The number of alkyl halides is 1. The van der Waals surface area contributed by atoms with Crippen LogP contribution in [0.25, 0.3) is 0 Å². The van der Waals surface area contributed by atoms with Crippen LogP contribution in [0.1, 0.15) is 0 Å². The quantitative estimate of drug-likeness (QED) is 0.555. The third-order valence-corrected chi connectivity index (χ3v) is 6.73. The second-order valence-corrected chi connectivity index (χ2v) is 9.16. The van der Waals surface area contributed by atoms with Crippen LogP contribution in [0.15, 0.2) is 24.3 Å². The molecule has 0 bridgehead atoms. The molecular formula is C10H15ClOSi. The summed E-state index contributed by atoms with van der Waals surface area (Å²) < 4.78 is 5.17. The van der Waals surface area contributed by atoms with Gasteiger partial charge in [0.25, 0.3) is 0 Å². The van der Waals surface area contributed by atoms with Crippen LogP contribution in [0.4, 0.5) is 0 Å². The Labute approximate surface area is 85.7 Å². The molecule has 0 amide bonds. The molecule has 0 aromatic heterocycles. The maximum atomic E-state index is 5.94. The number of hydrogen-bond acceptors (Lipinski definition) is 1. The van der Waals surface area contributed by atoms with E-state index in [-0.39, 0.29) is 0 Å². The molecule has 0 atom stereocenters. The first-order valence-corrected chi connectivity index (χ1v) is 8.05. The Hall–Kier alpha value is -0.473. The van der Waals surface area contributed by atoms with Gasteiger partial charge < -0.3 is 4.74 Å². The summed E-state index contributed by atoms with van der Waals surface area (Å²) in [5, 5.41) is 1.35. The van der Waals surface area contributed by atoms with E-state index in [4.69, 9.17) is 16.3 Å². The van der Waals surface area contributed by atoms with Gasteiger partial charge in [-0.05, 0) is 12.1 Å². The fourth-order valence-corrected chi connectivity index (χ4v) is 2.82. The van der Waals surface area contributed by atoms with E-state index >= 15 is 0 Å². The van der Waals surface area contributed by atoms with Gasteiger partial charge in [-0.1, -0.05) is 30.4 Å². The van der Waals surface area contributed by atoms with Gasteiger partial charge in [-0.2, -0.15) is 0 Å². The topological polar surface area (TPSA) is 9.23 Å². The molecule has 1 rings (SSSR count). The van der Waals surface area contributed by atoms with Crippen molar-refractivity contribution in [1.82, 2.24) is 0 Å². The van der Waals surface area contributed by atoms with Crippen molar-refractivity contribution < 1.29 is 4.74 Å². The average molecular weight is 215 g/mol. The second kappa shape index (κ2) is 4.16. The predicted molar refractivity (Wildman–Crippen MR) is 60.8 cm³/mol. The summed E-state index contributed by atoms with van der Waals surface area (Å²) in [6.07, 6.45) is 0. The van der Waals surface area contributed by atoms with E-state index in [0.29, 0.717) is 0 Å². The number of hydrogen-bond donors (Lipinski definition) is 0. The fraction of sp³-hybridized carbons (Fsp3) is 0.400. The standard InChI is InChI=1S/C10H15ClOSi/c1-12-9-5-4-6-10(7-9)13(2,3)8-11/h4-7H,8H2,1-3H3. The first-order valence-electron chi connectivity index (χ1n) is 4.30. The minimum absolute atomic E-state index is 0.750. The van der Waals surface area contributed by atoms with Gasteiger partial charge in [0.2, 0.25) is 0 Å². The van der Waals surface area contributed by atoms with Crippen LogP contribution in [0.5, 0.6) is 5.75 Å². The van der Waals surface area contributed by atoms with Crippen LogP contribution in [0.3, 0.4) is 0 Å². The molecule has 0 spiro atoms. The van der Waals surface area contributed by atoms with Crippen molar-refractivity contribution in [2.24, 2.45) is 0 Å². The zero-order chi connectivity index (χ0) is 9.90. The highest BCUT2D eigenvalue weighted by atomic mass is 35.5. The lowest BCUT2D eigenvalue weighted by Crippen LogP contribution is -2.43. The Kier molecular flexibility index (Phi) is 3.39. The molecule has 1 aromatic rings. The molecule has 0 aliphatic carbocycles. The molecule has 1 aromatic carbocycles. The van der Waals surface area contributed by atoms with Gasteiger partial charge in [-0.25, -0.2) is 0 Å². The van der Waals surface area contributed by atoms with Crippen molar-refractivity contribution in [2.45, 2.75) is 13.1 Å². The van der Waals surface area contributed by atoms with Crippen LogP contribution < -0.4 is 9.92 Å². The smallest absolute Gasteiger partial charge is 0.118 e. The largest absolute Gasteiger partial charge is 0.497 e. The third kappa shape index (κ3) is 2.48. The molecule has 0 heterocycles. The van der Waals surface area contributed by atoms with Crippen LogP contribution in [0.2, 0.25) is 13.1 Å². The summed E-state index contributed by atoms with van der Waals surface area (Å²) in [4.78, 5) is 0. The molecule has 13 heavy (non-hydrogen) atoms. The third-order valence-electron chi connectivity index (χ3n) is 2.19. The number of ether oxygens (including phenoxy) is 1. The van der Waals surface area contributed by atoms with E-state index in [2.05, 4.69) is 25.2 Å². The molecule has 0 radical (unpaired) electrons. The number of halogens is 1. The molecule has 3 heteroatoms. The van der Waals surface area contributed by atoms with E-state index in [9.17, 15) is 0 Å². The fourth-order valence-electron chi connectivity index (χ4n) is 1.12. The maximum Gasteiger partial charge on any atom is 0.118 e. The zero-order valence-electron chi connectivity index (χ0n) is 8.30. The number of rotatable bonds is 3. The Morgan fingerprint density at radius 1 is 1.38 bits per heavy atom. The van der Waals surface area contributed by atoms with E-state index in [1.165, 1.54) is 5.19 Å². The normalized spacial score (nSPS) is 11.4. The van der Waals surface area contributed by atoms with Crippen LogP contribution in [-0.2, 0) is 0 Å². The van der Waals surface area contributed by atoms with E-state index < -0.39 is 8.07 Å². The summed E-state index contributed by atoms with van der Waals surface area (Å²) >= 11 is 5.94. The minimum Gasteiger partial charge on any atom is -0.497 e. The Morgan fingerprint density at radius 2 is 2.08 bits per heavy atom. The van der Waals surface area contributed by atoms with Gasteiger partial charge in [-0.15, -0.1) is 11.6 Å². The molecule has 0 aliphatic heterocycles. The molecule has 0 aliphatic rings.